The molecule has 1 aromatic heterocycles. The maximum absolute atomic E-state index is 13.5. The summed E-state index contributed by atoms with van der Waals surface area (Å²) in [6.45, 7) is 5.55. The molecule has 7 nitrogen and oxygen atoms in total. The molecule has 0 spiro atoms. The lowest BCUT2D eigenvalue weighted by Crippen LogP contribution is -2.38. The van der Waals surface area contributed by atoms with E-state index in [4.69, 9.17) is 15.5 Å². The van der Waals surface area contributed by atoms with E-state index < -0.39 is 5.91 Å². The van der Waals surface area contributed by atoms with Crippen molar-refractivity contribution in [3.8, 4) is 17.0 Å². The Morgan fingerprint density at radius 3 is 2.47 bits per heavy atom. The molecule has 2 N–H and O–H groups in total. The first kappa shape index (κ1) is 23.9. The summed E-state index contributed by atoms with van der Waals surface area (Å²) >= 11 is 1.44. The SMILES string of the molecule is CCc1ccc(OC)c(-c2csc(N(CCN3CCCC3)C(=O)c3ccc(C(N)=O)cc3)n2)c1. The van der Waals surface area contributed by atoms with Crippen LogP contribution < -0.4 is 15.4 Å². The minimum absolute atomic E-state index is 0.148. The summed E-state index contributed by atoms with van der Waals surface area (Å²) in [7, 11) is 1.65. The summed E-state index contributed by atoms with van der Waals surface area (Å²) in [5.74, 6) is 0.0918. The molecule has 0 radical (unpaired) electrons. The number of rotatable bonds is 9. The van der Waals surface area contributed by atoms with Crippen LogP contribution in [0.2, 0.25) is 0 Å². The first-order valence-corrected chi connectivity index (χ1v) is 12.4. The summed E-state index contributed by atoms with van der Waals surface area (Å²) in [5, 5.41) is 2.61. The van der Waals surface area contributed by atoms with Crippen LogP contribution in [0.15, 0.2) is 47.8 Å². The molecule has 34 heavy (non-hydrogen) atoms. The summed E-state index contributed by atoms with van der Waals surface area (Å²) in [5.41, 5.74) is 9.12. The summed E-state index contributed by atoms with van der Waals surface area (Å²) in [6, 6.07) is 12.6. The van der Waals surface area contributed by atoms with Crippen LogP contribution in [0.3, 0.4) is 0 Å². The fourth-order valence-corrected chi connectivity index (χ4v) is 5.00. The lowest BCUT2D eigenvalue weighted by atomic mass is 10.1. The highest BCUT2D eigenvalue weighted by molar-refractivity contribution is 7.14. The Bertz CT molecular complexity index is 1150. The van der Waals surface area contributed by atoms with Gasteiger partial charge >= 0.3 is 0 Å². The Hall–Kier alpha value is -3.23. The zero-order valence-electron chi connectivity index (χ0n) is 19.6. The molecular formula is C26H30N4O3S. The number of likely N-dealkylation sites (tertiary alicyclic amines) is 1. The predicted octanol–water partition coefficient (Wildman–Crippen LogP) is 4.22. The van der Waals surface area contributed by atoms with Crippen LogP contribution in [-0.4, -0.2) is 55.0 Å². The Balaban J connectivity index is 1.64. The van der Waals surface area contributed by atoms with Gasteiger partial charge in [-0.3, -0.25) is 14.5 Å². The Kier molecular flexibility index (Phi) is 7.59. The average molecular weight is 479 g/mol. The predicted molar refractivity (Wildman–Crippen MR) is 136 cm³/mol. The van der Waals surface area contributed by atoms with Gasteiger partial charge in [0.25, 0.3) is 5.91 Å². The van der Waals surface area contributed by atoms with E-state index in [1.807, 2.05) is 11.4 Å². The number of aryl methyl sites for hydroxylation is 1. The van der Waals surface area contributed by atoms with Crippen molar-refractivity contribution in [2.24, 2.45) is 5.73 Å². The fourth-order valence-electron chi connectivity index (χ4n) is 4.15. The van der Waals surface area contributed by atoms with E-state index in [0.717, 1.165) is 43.1 Å². The van der Waals surface area contributed by atoms with Crippen LogP contribution in [-0.2, 0) is 6.42 Å². The molecule has 1 aliphatic rings. The van der Waals surface area contributed by atoms with Gasteiger partial charge in [0, 0.05) is 35.2 Å². The van der Waals surface area contributed by atoms with Gasteiger partial charge in [-0.05, 0) is 74.3 Å². The number of amides is 2. The van der Waals surface area contributed by atoms with Gasteiger partial charge in [0.15, 0.2) is 5.13 Å². The summed E-state index contributed by atoms with van der Waals surface area (Å²) < 4.78 is 5.57. The van der Waals surface area contributed by atoms with E-state index in [0.29, 0.717) is 22.8 Å². The fraction of sp³-hybridized carbons (Fsp3) is 0.346. The van der Waals surface area contributed by atoms with Crippen LogP contribution >= 0.6 is 11.3 Å². The molecule has 0 atom stereocenters. The van der Waals surface area contributed by atoms with Crippen molar-refractivity contribution in [2.75, 3.05) is 38.2 Å². The molecule has 0 saturated carbocycles. The number of ether oxygens (including phenoxy) is 1. The number of methoxy groups -OCH3 is 1. The quantitative estimate of drug-likeness (QED) is 0.497. The van der Waals surface area contributed by atoms with Gasteiger partial charge in [0.05, 0.1) is 12.8 Å². The standard InChI is InChI=1S/C26H30N4O3S/c1-3-18-6-11-23(33-2)21(16-18)22-17-34-26(28-22)30(15-14-29-12-4-5-13-29)25(32)20-9-7-19(8-10-20)24(27)31/h6-11,16-17H,3-5,12-15H2,1-2H3,(H2,27,31). The van der Waals surface area contributed by atoms with Crippen LogP contribution in [0, 0.1) is 0 Å². The van der Waals surface area contributed by atoms with E-state index in [-0.39, 0.29) is 5.91 Å². The van der Waals surface area contributed by atoms with Gasteiger partial charge in [-0.25, -0.2) is 4.98 Å². The highest BCUT2D eigenvalue weighted by atomic mass is 32.1. The summed E-state index contributed by atoms with van der Waals surface area (Å²) in [6.07, 6.45) is 3.30. The number of anilines is 1. The van der Waals surface area contributed by atoms with Gasteiger partial charge in [0.1, 0.15) is 5.75 Å². The van der Waals surface area contributed by atoms with Crippen LogP contribution in [0.1, 0.15) is 46.0 Å². The number of primary amides is 1. The molecule has 3 aromatic rings. The molecular weight excluding hydrogens is 448 g/mol. The van der Waals surface area contributed by atoms with Crippen molar-refractivity contribution in [3.05, 3.63) is 64.5 Å². The molecule has 0 aliphatic carbocycles. The van der Waals surface area contributed by atoms with E-state index in [1.54, 1.807) is 36.3 Å². The van der Waals surface area contributed by atoms with E-state index in [1.165, 1.54) is 29.7 Å². The molecule has 1 saturated heterocycles. The number of carbonyl (C=O) groups excluding carboxylic acids is 2. The molecule has 178 valence electrons. The number of benzene rings is 2. The lowest BCUT2D eigenvalue weighted by molar-refractivity contribution is 0.0978. The third-order valence-corrected chi connectivity index (χ3v) is 7.03. The van der Waals surface area contributed by atoms with Crippen molar-refractivity contribution in [2.45, 2.75) is 26.2 Å². The van der Waals surface area contributed by atoms with Crippen LogP contribution in [0.5, 0.6) is 5.75 Å². The minimum atomic E-state index is -0.516. The third kappa shape index (κ3) is 5.29. The third-order valence-electron chi connectivity index (χ3n) is 6.17. The number of hydrogen-bond acceptors (Lipinski definition) is 6. The van der Waals surface area contributed by atoms with E-state index >= 15 is 0 Å². The Morgan fingerprint density at radius 1 is 1.12 bits per heavy atom. The zero-order chi connectivity index (χ0) is 24.1. The van der Waals surface area contributed by atoms with Gasteiger partial charge in [-0.1, -0.05) is 13.0 Å². The van der Waals surface area contributed by atoms with Gasteiger partial charge in [-0.15, -0.1) is 11.3 Å². The second-order valence-electron chi connectivity index (χ2n) is 8.35. The van der Waals surface area contributed by atoms with Crippen molar-refractivity contribution in [3.63, 3.8) is 0 Å². The highest BCUT2D eigenvalue weighted by Crippen LogP contribution is 2.34. The normalized spacial score (nSPS) is 13.7. The maximum Gasteiger partial charge on any atom is 0.260 e. The zero-order valence-corrected chi connectivity index (χ0v) is 20.4. The first-order valence-electron chi connectivity index (χ1n) is 11.6. The monoisotopic (exact) mass is 478 g/mol. The number of hydrogen-bond donors (Lipinski definition) is 1. The smallest absolute Gasteiger partial charge is 0.260 e. The molecule has 0 unspecified atom stereocenters. The van der Waals surface area contributed by atoms with Crippen molar-refractivity contribution in [1.29, 1.82) is 0 Å². The van der Waals surface area contributed by atoms with Crippen LogP contribution in [0.4, 0.5) is 5.13 Å². The second kappa shape index (κ2) is 10.8. The number of carbonyl (C=O) groups is 2. The van der Waals surface area contributed by atoms with Crippen molar-refractivity contribution < 1.29 is 14.3 Å². The minimum Gasteiger partial charge on any atom is -0.496 e. The Labute approximate surface area is 204 Å². The number of nitrogens with zero attached hydrogens (tertiary/aromatic N) is 3. The second-order valence-corrected chi connectivity index (χ2v) is 9.19. The van der Waals surface area contributed by atoms with E-state index in [9.17, 15) is 9.59 Å². The van der Waals surface area contributed by atoms with E-state index in [2.05, 4.69) is 24.0 Å². The Morgan fingerprint density at radius 2 is 1.82 bits per heavy atom. The molecule has 0 bridgehead atoms. The summed E-state index contributed by atoms with van der Waals surface area (Å²) in [4.78, 5) is 33.9. The molecule has 8 heteroatoms. The highest BCUT2D eigenvalue weighted by Gasteiger charge is 2.24. The largest absolute Gasteiger partial charge is 0.496 e. The molecule has 2 heterocycles. The average Bonchev–Trinajstić information content (AvgIpc) is 3.56. The van der Waals surface area contributed by atoms with Gasteiger partial charge in [0.2, 0.25) is 5.91 Å². The molecule has 2 aromatic carbocycles. The van der Waals surface area contributed by atoms with Gasteiger partial charge < -0.3 is 15.4 Å². The lowest BCUT2D eigenvalue weighted by Gasteiger charge is -2.23. The molecule has 2 amide bonds. The number of nitrogens with two attached hydrogens (primary N) is 1. The maximum atomic E-state index is 13.5. The van der Waals surface area contributed by atoms with Crippen molar-refractivity contribution in [1.82, 2.24) is 9.88 Å². The topological polar surface area (TPSA) is 88.8 Å². The van der Waals surface area contributed by atoms with Crippen molar-refractivity contribution >= 4 is 28.3 Å². The molecule has 1 aliphatic heterocycles. The first-order chi connectivity index (χ1) is 16.5. The molecule has 4 rings (SSSR count). The number of aromatic nitrogens is 1. The number of thiazole rings is 1. The van der Waals surface area contributed by atoms with Crippen LogP contribution in [0.25, 0.3) is 11.3 Å². The van der Waals surface area contributed by atoms with Gasteiger partial charge in [-0.2, -0.15) is 0 Å². The molecule has 1 fully saturated rings.